The number of hydrogen-bond acceptors (Lipinski definition) is 4. The molecule has 0 unspecified atom stereocenters. The second kappa shape index (κ2) is 4.09. The fraction of sp³-hybridized carbons (Fsp3) is 0.273. The Morgan fingerprint density at radius 1 is 1.50 bits per heavy atom. The predicted molar refractivity (Wildman–Crippen MR) is 62.6 cm³/mol. The lowest BCUT2D eigenvalue weighted by molar-refractivity contribution is 0.0594. The Labute approximate surface area is 97.5 Å². The van der Waals surface area contributed by atoms with Crippen LogP contribution in [0.3, 0.4) is 0 Å². The van der Waals surface area contributed by atoms with Crippen LogP contribution in [0.2, 0.25) is 0 Å². The minimum absolute atomic E-state index is 0.367. The summed E-state index contributed by atoms with van der Waals surface area (Å²) in [5.74, 6) is -0.401. The van der Waals surface area contributed by atoms with Crippen LogP contribution in [0, 0.1) is 6.92 Å². The number of carbonyl (C=O) groups is 1. The molecule has 0 saturated heterocycles. The standard InChI is InChI=1S/C11H12N2O2S/c1-7-4-5-9(16-7)8-6-13(2)12-10(8)11(14)15-3/h4-6H,1-3H3. The van der Waals surface area contributed by atoms with Crippen LogP contribution in [-0.4, -0.2) is 22.9 Å². The second-order valence-corrected chi connectivity index (χ2v) is 4.75. The maximum Gasteiger partial charge on any atom is 0.359 e. The average molecular weight is 236 g/mol. The third-order valence-corrected chi connectivity index (χ3v) is 3.25. The van der Waals surface area contributed by atoms with E-state index in [-0.39, 0.29) is 0 Å². The maximum atomic E-state index is 11.5. The third kappa shape index (κ3) is 1.86. The van der Waals surface area contributed by atoms with Crippen LogP contribution in [0.15, 0.2) is 18.3 Å². The first-order valence-corrected chi connectivity index (χ1v) is 5.62. The van der Waals surface area contributed by atoms with Gasteiger partial charge in [-0.3, -0.25) is 4.68 Å². The van der Waals surface area contributed by atoms with Crippen molar-refractivity contribution in [2.45, 2.75) is 6.92 Å². The van der Waals surface area contributed by atoms with Crippen LogP contribution < -0.4 is 0 Å². The molecule has 16 heavy (non-hydrogen) atoms. The molecule has 0 aliphatic heterocycles. The Morgan fingerprint density at radius 3 is 2.81 bits per heavy atom. The first-order valence-electron chi connectivity index (χ1n) is 4.80. The molecule has 2 rings (SSSR count). The SMILES string of the molecule is COC(=O)c1nn(C)cc1-c1ccc(C)s1. The van der Waals surface area contributed by atoms with E-state index in [2.05, 4.69) is 5.10 Å². The molecule has 0 N–H and O–H groups in total. The lowest BCUT2D eigenvalue weighted by Crippen LogP contribution is -2.04. The van der Waals surface area contributed by atoms with E-state index in [0.29, 0.717) is 5.69 Å². The molecular weight excluding hydrogens is 224 g/mol. The third-order valence-electron chi connectivity index (χ3n) is 2.21. The van der Waals surface area contributed by atoms with E-state index < -0.39 is 5.97 Å². The lowest BCUT2D eigenvalue weighted by Gasteiger charge is -1.96. The van der Waals surface area contributed by atoms with Gasteiger partial charge in [-0.05, 0) is 19.1 Å². The number of aromatic nitrogens is 2. The molecule has 0 saturated carbocycles. The van der Waals surface area contributed by atoms with Crippen LogP contribution in [-0.2, 0) is 11.8 Å². The van der Waals surface area contributed by atoms with E-state index >= 15 is 0 Å². The molecule has 5 heteroatoms. The maximum absolute atomic E-state index is 11.5. The second-order valence-electron chi connectivity index (χ2n) is 3.47. The highest BCUT2D eigenvalue weighted by Gasteiger charge is 2.18. The van der Waals surface area contributed by atoms with Gasteiger partial charge in [0.05, 0.1) is 7.11 Å². The highest BCUT2D eigenvalue weighted by Crippen LogP contribution is 2.30. The zero-order chi connectivity index (χ0) is 11.7. The highest BCUT2D eigenvalue weighted by molar-refractivity contribution is 7.15. The largest absolute Gasteiger partial charge is 0.464 e. The number of aryl methyl sites for hydroxylation is 2. The number of carbonyl (C=O) groups excluding carboxylic acids is 1. The van der Waals surface area contributed by atoms with E-state index in [1.54, 1.807) is 23.1 Å². The molecule has 0 radical (unpaired) electrons. The molecule has 0 atom stereocenters. The highest BCUT2D eigenvalue weighted by atomic mass is 32.1. The van der Waals surface area contributed by atoms with E-state index in [4.69, 9.17) is 4.74 Å². The first kappa shape index (κ1) is 10.9. The summed E-state index contributed by atoms with van der Waals surface area (Å²) in [6, 6.07) is 4.01. The molecule has 0 fully saturated rings. The molecule has 0 bridgehead atoms. The molecular formula is C11H12N2O2S. The number of hydrogen-bond donors (Lipinski definition) is 0. The zero-order valence-electron chi connectivity index (χ0n) is 9.35. The molecule has 84 valence electrons. The lowest BCUT2D eigenvalue weighted by atomic mass is 10.2. The van der Waals surface area contributed by atoms with Crippen molar-refractivity contribution in [1.82, 2.24) is 9.78 Å². The molecule has 0 aliphatic carbocycles. The van der Waals surface area contributed by atoms with Gasteiger partial charge in [-0.1, -0.05) is 0 Å². The summed E-state index contributed by atoms with van der Waals surface area (Å²) in [6.07, 6.45) is 1.83. The molecule has 0 spiro atoms. The number of nitrogens with zero attached hydrogens (tertiary/aromatic N) is 2. The van der Waals surface area contributed by atoms with Gasteiger partial charge in [0.25, 0.3) is 0 Å². The number of thiophene rings is 1. The Balaban J connectivity index is 2.52. The molecule has 0 aromatic carbocycles. The van der Waals surface area contributed by atoms with Crippen LogP contribution in [0.25, 0.3) is 10.4 Å². The minimum atomic E-state index is -0.401. The van der Waals surface area contributed by atoms with Gasteiger partial charge in [-0.2, -0.15) is 5.10 Å². The summed E-state index contributed by atoms with van der Waals surface area (Å²) in [5, 5.41) is 4.12. The van der Waals surface area contributed by atoms with Crippen molar-refractivity contribution in [2.75, 3.05) is 7.11 Å². The topological polar surface area (TPSA) is 44.1 Å². The van der Waals surface area contributed by atoms with Gasteiger partial charge in [0.2, 0.25) is 0 Å². The summed E-state index contributed by atoms with van der Waals surface area (Å²) in [4.78, 5) is 13.8. The summed E-state index contributed by atoms with van der Waals surface area (Å²) in [7, 11) is 3.15. The van der Waals surface area contributed by atoms with E-state index in [1.807, 2.05) is 25.3 Å². The van der Waals surface area contributed by atoms with Gasteiger partial charge >= 0.3 is 5.97 Å². The molecule has 0 amide bonds. The Kier molecular flexibility index (Phi) is 2.78. The van der Waals surface area contributed by atoms with Crippen molar-refractivity contribution >= 4 is 17.3 Å². The summed E-state index contributed by atoms with van der Waals surface area (Å²) in [5.41, 5.74) is 1.19. The van der Waals surface area contributed by atoms with Gasteiger partial charge in [-0.15, -0.1) is 11.3 Å². The monoisotopic (exact) mass is 236 g/mol. The normalized spacial score (nSPS) is 10.4. The van der Waals surface area contributed by atoms with Crippen molar-refractivity contribution in [1.29, 1.82) is 0 Å². The molecule has 2 aromatic heterocycles. The number of rotatable bonds is 2. The van der Waals surface area contributed by atoms with Gasteiger partial charge in [0, 0.05) is 28.6 Å². The number of methoxy groups -OCH3 is 1. The average Bonchev–Trinajstić information content (AvgIpc) is 2.83. The summed E-state index contributed by atoms with van der Waals surface area (Å²) < 4.78 is 6.33. The Hall–Kier alpha value is -1.62. The van der Waals surface area contributed by atoms with Crippen LogP contribution in [0.4, 0.5) is 0 Å². The first-order chi connectivity index (χ1) is 7.61. The van der Waals surface area contributed by atoms with Crippen LogP contribution in [0.5, 0.6) is 0 Å². The molecule has 2 heterocycles. The van der Waals surface area contributed by atoms with Crippen molar-refractivity contribution < 1.29 is 9.53 Å². The summed E-state index contributed by atoms with van der Waals surface area (Å²) in [6.45, 7) is 2.03. The van der Waals surface area contributed by atoms with Crippen molar-refractivity contribution in [3.05, 3.63) is 28.9 Å². The molecule has 4 nitrogen and oxygen atoms in total. The fourth-order valence-electron chi connectivity index (χ4n) is 1.50. The van der Waals surface area contributed by atoms with Crippen molar-refractivity contribution in [3.63, 3.8) is 0 Å². The Morgan fingerprint density at radius 2 is 2.25 bits per heavy atom. The predicted octanol–water partition coefficient (Wildman–Crippen LogP) is 2.24. The van der Waals surface area contributed by atoms with E-state index in [1.165, 1.54) is 12.0 Å². The fourth-order valence-corrected chi connectivity index (χ4v) is 2.37. The van der Waals surface area contributed by atoms with Crippen molar-refractivity contribution in [3.8, 4) is 10.4 Å². The minimum Gasteiger partial charge on any atom is -0.464 e. The van der Waals surface area contributed by atoms with Crippen molar-refractivity contribution in [2.24, 2.45) is 7.05 Å². The number of ether oxygens (including phenoxy) is 1. The van der Waals surface area contributed by atoms with E-state index in [0.717, 1.165) is 10.4 Å². The van der Waals surface area contributed by atoms with E-state index in [9.17, 15) is 4.79 Å². The quantitative estimate of drug-likeness (QED) is 0.751. The zero-order valence-corrected chi connectivity index (χ0v) is 10.2. The smallest absolute Gasteiger partial charge is 0.359 e. The molecule has 0 aliphatic rings. The molecule has 2 aromatic rings. The Bertz CT molecular complexity index is 528. The summed E-state index contributed by atoms with van der Waals surface area (Å²) >= 11 is 1.64. The van der Waals surface area contributed by atoms with Gasteiger partial charge in [-0.25, -0.2) is 4.79 Å². The van der Waals surface area contributed by atoms with Crippen LogP contribution >= 0.6 is 11.3 Å². The van der Waals surface area contributed by atoms with Gasteiger partial charge in [0.1, 0.15) is 0 Å². The van der Waals surface area contributed by atoms with Crippen LogP contribution in [0.1, 0.15) is 15.4 Å². The number of esters is 1. The van der Waals surface area contributed by atoms with Gasteiger partial charge in [0.15, 0.2) is 5.69 Å². The van der Waals surface area contributed by atoms with Gasteiger partial charge < -0.3 is 4.74 Å².